The molecule has 1 aliphatic heterocycles. The maximum Gasteiger partial charge on any atom is 0.0639 e. The number of rotatable bonds is 6. The van der Waals surface area contributed by atoms with Crippen LogP contribution in [0.3, 0.4) is 0 Å². The highest BCUT2D eigenvalue weighted by molar-refractivity contribution is 6.31. The molecule has 1 aliphatic rings. The Bertz CT molecular complexity index is 403. The average Bonchev–Trinajstić information content (AvgIpc) is 2.42. The van der Waals surface area contributed by atoms with E-state index in [-0.39, 0.29) is 6.10 Å². The maximum absolute atomic E-state index is 9.40. The Labute approximate surface area is 126 Å². The van der Waals surface area contributed by atoms with E-state index in [1.807, 2.05) is 25.1 Å². The predicted octanol–water partition coefficient (Wildman–Crippen LogP) is 2.52. The molecule has 3 nitrogen and oxygen atoms in total. The lowest BCUT2D eigenvalue weighted by Crippen LogP contribution is -2.40. The monoisotopic (exact) mass is 296 g/mol. The van der Waals surface area contributed by atoms with Crippen LogP contribution in [0.4, 0.5) is 0 Å². The molecular formula is C16H25ClN2O. The molecule has 1 fully saturated rings. The van der Waals surface area contributed by atoms with Crippen molar-refractivity contribution >= 4 is 11.6 Å². The molecule has 0 radical (unpaired) electrons. The topological polar surface area (TPSA) is 35.5 Å². The highest BCUT2D eigenvalue weighted by Gasteiger charge is 2.19. The zero-order valence-electron chi connectivity index (χ0n) is 12.2. The first-order valence-electron chi connectivity index (χ1n) is 7.49. The largest absolute Gasteiger partial charge is 0.392 e. The highest BCUT2D eigenvalue weighted by atomic mass is 35.5. The van der Waals surface area contributed by atoms with Gasteiger partial charge in [-0.3, -0.25) is 0 Å². The average molecular weight is 297 g/mol. The van der Waals surface area contributed by atoms with Crippen LogP contribution in [0.5, 0.6) is 0 Å². The third-order valence-corrected chi connectivity index (χ3v) is 4.30. The third-order valence-electron chi connectivity index (χ3n) is 3.94. The van der Waals surface area contributed by atoms with E-state index in [2.05, 4.69) is 16.3 Å². The van der Waals surface area contributed by atoms with Gasteiger partial charge in [-0.05, 0) is 56.9 Å². The Morgan fingerprint density at radius 2 is 2.05 bits per heavy atom. The normalized spacial score (nSPS) is 19.1. The van der Waals surface area contributed by atoms with Crippen molar-refractivity contribution in [3.8, 4) is 0 Å². The molecule has 1 atom stereocenters. The van der Waals surface area contributed by atoms with Crippen LogP contribution in [0.15, 0.2) is 24.3 Å². The number of benzene rings is 1. The zero-order chi connectivity index (χ0) is 14.4. The standard InChI is InChI=1S/C16H25ClN2O/c1-13(20)12-19-8-6-14(7-9-19)10-18-11-15-4-2-3-5-16(15)17/h2-5,13-14,18,20H,6-12H2,1H3/t13-/m1/s1. The highest BCUT2D eigenvalue weighted by Crippen LogP contribution is 2.18. The molecule has 2 N–H and O–H groups in total. The molecule has 4 heteroatoms. The van der Waals surface area contributed by atoms with Crippen LogP contribution < -0.4 is 5.32 Å². The van der Waals surface area contributed by atoms with Crippen LogP contribution in [0, 0.1) is 5.92 Å². The van der Waals surface area contributed by atoms with E-state index in [0.29, 0.717) is 0 Å². The van der Waals surface area contributed by atoms with Crippen molar-refractivity contribution in [2.24, 2.45) is 5.92 Å². The van der Waals surface area contributed by atoms with E-state index >= 15 is 0 Å². The van der Waals surface area contributed by atoms with Crippen molar-refractivity contribution in [2.75, 3.05) is 26.2 Å². The fourth-order valence-electron chi connectivity index (χ4n) is 2.80. The summed E-state index contributed by atoms with van der Waals surface area (Å²) in [5.41, 5.74) is 1.17. The van der Waals surface area contributed by atoms with Gasteiger partial charge in [-0.2, -0.15) is 0 Å². The van der Waals surface area contributed by atoms with E-state index in [1.165, 1.54) is 18.4 Å². The van der Waals surface area contributed by atoms with Crippen molar-refractivity contribution in [1.29, 1.82) is 0 Å². The summed E-state index contributed by atoms with van der Waals surface area (Å²) in [6.07, 6.45) is 2.20. The second-order valence-corrected chi connectivity index (χ2v) is 6.22. The molecule has 1 aromatic carbocycles. The molecule has 1 heterocycles. The van der Waals surface area contributed by atoms with Gasteiger partial charge in [0.1, 0.15) is 0 Å². The number of likely N-dealkylation sites (tertiary alicyclic amines) is 1. The Morgan fingerprint density at radius 1 is 1.35 bits per heavy atom. The van der Waals surface area contributed by atoms with E-state index < -0.39 is 0 Å². The summed E-state index contributed by atoms with van der Waals surface area (Å²) >= 11 is 6.14. The number of piperidine rings is 1. The Balaban J connectivity index is 1.65. The molecule has 0 aliphatic carbocycles. The second kappa shape index (κ2) is 7.99. The van der Waals surface area contributed by atoms with Crippen LogP contribution in [-0.2, 0) is 6.54 Å². The minimum Gasteiger partial charge on any atom is -0.392 e. The summed E-state index contributed by atoms with van der Waals surface area (Å²) in [5.74, 6) is 0.739. The molecule has 0 unspecified atom stereocenters. The molecular weight excluding hydrogens is 272 g/mol. The summed E-state index contributed by atoms with van der Waals surface area (Å²) in [7, 11) is 0. The molecule has 0 spiro atoms. The number of aliphatic hydroxyl groups is 1. The summed E-state index contributed by atoms with van der Waals surface area (Å²) in [6, 6.07) is 7.99. The first kappa shape index (κ1) is 15.8. The van der Waals surface area contributed by atoms with Crippen molar-refractivity contribution in [3.05, 3.63) is 34.9 Å². The first-order valence-corrected chi connectivity index (χ1v) is 7.87. The number of β-amino-alcohol motifs (C(OH)–C–C–N with tert-alkyl or cyclic N) is 1. The number of nitrogens with one attached hydrogen (secondary N) is 1. The van der Waals surface area contributed by atoms with Gasteiger partial charge in [0.15, 0.2) is 0 Å². The van der Waals surface area contributed by atoms with Crippen LogP contribution in [0.2, 0.25) is 5.02 Å². The fraction of sp³-hybridized carbons (Fsp3) is 0.625. The van der Waals surface area contributed by atoms with Gasteiger partial charge >= 0.3 is 0 Å². The summed E-state index contributed by atoms with van der Waals surface area (Å²) in [5, 5.41) is 13.8. The third kappa shape index (κ3) is 5.06. The first-order chi connectivity index (χ1) is 9.65. The fourth-order valence-corrected chi connectivity index (χ4v) is 3.00. The van der Waals surface area contributed by atoms with Crippen molar-refractivity contribution in [3.63, 3.8) is 0 Å². The molecule has 2 rings (SSSR count). The number of aliphatic hydroxyl groups excluding tert-OH is 1. The predicted molar refractivity (Wildman–Crippen MR) is 84.0 cm³/mol. The molecule has 20 heavy (non-hydrogen) atoms. The van der Waals surface area contributed by atoms with Gasteiger partial charge < -0.3 is 15.3 Å². The van der Waals surface area contributed by atoms with Gasteiger partial charge in [0.25, 0.3) is 0 Å². The lowest BCUT2D eigenvalue weighted by molar-refractivity contribution is 0.0998. The van der Waals surface area contributed by atoms with Gasteiger partial charge in [-0.15, -0.1) is 0 Å². The van der Waals surface area contributed by atoms with Crippen LogP contribution in [0.25, 0.3) is 0 Å². The summed E-state index contributed by atoms with van der Waals surface area (Å²) < 4.78 is 0. The smallest absolute Gasteiger partial charge is 0.0639 e. The minimum absolute atomic E-state index is 0.218. The van der Waals surface area contributed by atoms with Gasteiger partial charge in [-0.1, -0.05) is 29.8 Å². The van der Waals surface area contributed by atoms with Crippen LogP contribution in [-0.4, -0.2) is 42.3 Å². The number of hydrogen-bond donors (Lipinski definition) is 2. The van der Waals surface area contributed by atoms with E-state index in [1.54, 1.807) is 0 Å². The van der Waals surface area contributed by atoms with Gasteiger partial charge in [0, 0.05) is 18.1 Å². The Hall–Kier alpha value is -0.610. The van der Waals surface area contributed by atoms with Gasteiger partial charge in [-0.25, -0.2) is 0 Å². The maximum atomic E-state index is 9.40. The van der Waals surface area contributed by atoms with Crippen molar-refractivity contribution < 1.29 is 5.11 Å². The second-order valence-electron chi connectivity index (χ2n) is 5.82. The lowest BCUT2D eigenvalue weighted by Gasteiger charge is -2.32. The molecule has 112 valence electrons. The minimum atomic E-state index is -0.218. The van der Waals surface area contributed by atoms with Crippen molar-refractivity contribution in [1.82, 2.24) is 10.2 Å². The quantitative estimate of drug-likeness (QED) is 0.847. The molecule has 1 aromatic rings. The Morgan fingerprint density at radius 3 is 2.70 bits per heavy atom. The molecule has 0 bridgehead atoms. The molecule has 1 saturated heterocycles. The van der Waals surface area contributed by atoms with Crippen LogP contribution in [0.1, 0.15) is 25.3 Å². The van der Waals surface area contributed by atoms with Gasteiger partial charge in [0.05, 0.1) is 6.10 Å². The van der Waals surface area contributed by atoms with Crippen molar-refractivity contribution in [2.45, 2.75) is 32.4 Å². The van der Waals surface area contributed by atoms with Crippen LogP contribution >= 0.6 is 11.6 Å². The number of nitrogens with zero attached hydrogens (tertiary/aromatic N) is 1. The Kier molecular flexibility index (Phi) is 6.30. The van der Waals surface area contributed by atoms with E-state index in [0.717, 1.165) is 43.7 Å². The van der Waals surface area contributed by atoms with E-state index in [9.17, 15) is 5.11 Å². The number of hydrogen-bond acceptors (Lipinski definition) is 3. The molecule has 0 amide bonds. The van der Waals surface area contributed by atoms with Gasteiger partial charge in [0.2, 0.25) is 0 Å². The molecule has 0 aromatic heterocycles. The SMILES string of the molecule is C[C@@H](O)CN1CCC(CNCc2ccccc2Cl)CC1. The zero-order valence-corrected chi connectivity index (χ0v) is 12.9. The molecule has 0 saturated carbocycles. The summed E-state index contributed by atoms with van der Waals surface area (Å²) in [4.78, 5) is 2.36. The summed E-state index contributed by atoms with van der Waals surface area (Å²) in [6.45, 7) is 6.75. The number of halogens is 1. The lowest BCUT2D eigenvalue weighted by atomic mass is 9.96. The van der Waals surface area contributed by atoms with E-state index in [4.69, 9.17) is 11.6 Å².